The maximum Gasteiger partial charge on any atom is 0.257 e. The molecule has 0 unspecified atom stereocenters. The zero-order valence-corrected chi connectivity index (χ0v) is 10.8. The van der Waals surface area contributed by atoms with Crippen molar-refractivity contribution in [2.75, 3.05) is 19.6 Å². The zero-order valence-electron chi connectivity index (χ0n) is 9.94. The molecule has 0 aromatic carbocycles. The second-order valence-electron chi connectivity index (χ2n) is 3.54. The summed E-state index contributed by atoms with van der Waals surface area (Å²) in [4.78, 5) is -0.111. The topological polar surface area (TPSA) is 76.0 Å². The quantitative estimate of drug-likeness (QED) is 0.660. The highest BCUT2D eigenvalue weighted by molar-refractivity contribution is 7.89. The lowest BCUT2D eigenvalue weighted by Crippen LogP contribution is -2.31. The van der Waals surface area contributed by atoms with Gasteiger partial charge in [-0.05, 0) is 6.54 Å². The van der Waals surface area contributed by atoms with E-state index >= 15 is 0 Å². The molecule has 0 atom stereocenters. The summed E-state index contributed by atoms with van der Waals surface area (Å²) in [5.74, 6) is 0. The Morgan fingerprint density at radius 2 is 2.17 bits per heavy atom. The lowest BCUT2D eigenvalue weighted by atomic mass is 10.6. The summed E-state index contributed by atoms with van der Waals surface area (Å²) in [6.45, 7) is 2.76. The van der Waals surface area contributed by atoms with Gasteiger partial charge in [0.1, 0.15) is 11.4 Å². The fourth-order valence-electron chi connectivity index (χ4n) is 1.26. The van der Waals surface area contributed by atoms with Crippen LogP contribution in [0.4, 0.5) is 8.78 Å². The van der Waals surface area contributed by atoms with Gasteiger partial charge in [0.25, 0.3) is 6.43 Å². The molecule has 1 aromatic heterocycles. The first kappa shape index (κ1) is 15.0. The number of hydrogen-bond acceptors (Lipinski definition) is 4. The first-order chi connectivity index (χ1) is 8.45. The van der Waals surface area contributed by atoms with Crippen LogP contribution < -0.4 is 10.0 Å². The van der Waals surface area contributed by atoms with E-state index in [0.29, 0.717) is 6.54 Å². The Morgan fingerprint density at radius 3 is 2.78 bits per heavy atom. The van der Waals surface area contributed by atoms with Crippen LogP contribution in [0.5, 0.6) is 0 Å². The first-order valence-electron chi connectivity index (χ1n) is 5.46. The molecule has 0 radical (unpaired) electrons. The molecule has 9 heteroatoms. The summed E-state index contributed by atoms with van der Waals surface area (Å²) in [5, 5.41) is 6.53. The largest absolute Gasteiger partial charge is 0.316 e. The summed E-state index contributed by atoms with van der Waals surface area (Å²) in [6, 6.07) is 0. The highest BCUT2D eigenvalue weighted by atomic mass is 32.2. The van der Waals surface area contributed by atoms with E-state index in [-0.39, 0.29) is 11.4 Å². The van der Waals surface area contributed by atoms with Crippen LogP contribution in [0, 0.1) is 0 Å². The van der Waals surface area contributed by atoms with Crippen molar-refractivity contribution in [3.05, 3.63) is 12.4 Å². The van der Waals surface area contributed by atoms with E-state index < -0.39 is 23.0 Å². The number of likely N-dealkylation sites (N-methyl/N-ethyl adjacent to an activating group) is 1. The molecule has 104 valence electrons. The Morgan fingerprint density at radius 1 is 1.44 bits per heavy atom. The Balaban J connectivity index is 2.59. The maximum absolute atomic E-state index is 12.1. The van der Waals surface area contributed by atoms with E-state index in [4.69, 9.17) is 0 Å². The molecule has 18 heavy (non-hydrogen) atoms. The van der Waals surface area contributed by atoms with Crippen molar-refractivity contribution < 1.29 is 17.2 Å². The van der Waals surface area contributed by atoms with E-state index in [1.54, 1.807) is 0 Å². The number of aromatic nitrogens is 2. The molecule has 0 amide bonds. The molecular formula is C9H16F2N4O2S. The Hall–Kier alpha value is -1.06. The van der Waals surface area contributed by atoms with E-state index in [1.165, 1.54) is 0 Å². The molecule has 6 nitrogen and oxygen atoms in total. The maximum atomic E-state index is 12.1. The third-order valence-corrected chi connectivity index (χ3v) is 3.50. The predicted molar refractivity (Wildman–Crippen MR) is 62.0 cm³/mol. The third kappa shape index (κ3) is 4.67. The summed E-state index contributed by atoms with van der Waals surface area (Å²) in [7, 11) is -3.67. The van der Waals surface area contributed by atoms with Gasteiger partial charge in [-0.15, -0.1) is 0 Å². The number of rotatable bonds is 8. The number of nitrogens with one attached hydrogen (secondary N) is 2. The van der Waals surface area contributed by atoms with Gasteiger partial charge in [0.05, 0.1) is 6.20 Å². The smallest absolute Gasteiger partial charge is 0.257 e. The van der Waals surface area contributed by atoms with Gasteiger partial charge in [0.15, 0.2) is 0 Å². The lowest BCUT2D eigenvalue weighted by molar-refractivity contribution is 0.121. The van der Waals surface area contributed by atoms with Gasteiger partial charge < -0.3 is 5.32 Å². The van der Waals surface area contributed by atoms with Crippen LogP contribution in [0.3, 0.4) is 0 Å². The summed E-state index contributed by atoms with van der Waals surface area (Å²) in [6.07, 6.45) is -0.429. The molecule has 1 heterocycles. The van der Waals surface area contributed by atoms with Crippen molar-refractivity contribution in [1.82, 2.24) is 19.8 Å². The molecule has 1 rings (SSSR count). The van der Waals surface area contributed by atoms with E-state index in [9.17, 15) is 17.2 Å². The van der Waals surface area contributed by atoms with Gasteiger partial charge >= 0.3 is 0 Å². The monoisotopic (exact) mass is 282 g/mol. The van der Waals surface area contributed by atoms with Crippen molar-refractivity contribution in [1.29, 1.82) is 0 Å². The Kier molecular flexibility index (Phi) is 5.63. The highest BCUT2D eigenvalue weighted by Gasteiger charge is 2.16. The van der Waals surface area contributed by atoms with Crippen LogP contribution in [-0.4, -0.2) is 44.3 Å². The van der Waals surface area contributed by atoms with Crippen molar-refractivity contribution in [3.8, 4) is 0 Å². The number of hydrogen-bond donors (Lipinski definition) is 2. The van der Waals surface area contributed by atoms with Crippen LogP contribution in [0.1, 0.15) is 6.92 Å². The SMILES string of the molecule is CCNCCNS(=O)(=O)c1cnn(CC(F)F)c1. The lowest BCUT2D eigenvalue weighted by Gasteiger charge is -2.04. The average Bonchev–Trinajstić information content (AvgIpc) is 2.73. The van der Waals surface area contributed by atoms with E-state index in [1.807, 2.05) is 6.92 Å². The molecule has 0 aliphatic rings. The van der Waals surface area contributed by atoms with Crippen LogP contribution in [0.2, 0.25) is 0 Å². The molecule has 0 fully saturated rings. The molecule has 0 spiro atoms. The van der Waals surface area contributed by atoms with Gasteiger partial charge in [-0.1, -0.05) is 6.92 Å². The first-order valence-corrected chi connectivity index (χ1v) is 6.95. The summed E-state index contributed by atoms with van der Waals surface area (Å²) >= 11 is 0. The molecule has 0 saturated heterocycles. The van der Waals surface area contributed by atoms with Crippen molar-refractivity contribution >= 4 is 10.0 Å². The fraction of sp³-hybridized carbons (Fsp3) is 0.667. The molecule has 0 aliphatic heterocycles. The van der Waals surface area contributed by atoms with E-state index in [2.05, 4.69) is 15.1 Å². The minimum absolute atomic E-state index is 0.111. The molecule has 2 N–H and O–H groups in total. The van der Waals surface area contributed by atoms with Crippen molar-refractivity contribution in [3.63, 3.8) is 0 Å². The Labute approximate surface area is 104 Å². The standard InChI is InChI=1S/C9H16F2N4O2S/c1-2-12-3-4-14-18(16,17)8-5-13-15(6-8)7-9(10)11/h5-6,9,12,14H,2-4,7H2,1H3. The molecule has 0 aliphatic carbocycles. The van der Waals surface area contributed by atoms with Gasteiger partial charge in [-0.3, -0.25) is 4.68 Å². The minimum atomic E-state index is -3.67. The summed E-state index contributed by atoms with van der Waals surface area (Å²) < 4.78 is 50.8. The van der Waals surface area contributed by atoms with Crippen molar-refractivity contribution in [2.45, 2.75) is 24.8 Å². The van der Waals surface area contributed by atoms with Crippen LogP contribution in [0.25, 0.3) is 0 Å². The van der Waals surface area contributed by atoms with Crippen LogP contribution in [0.15, 0.2) is 17.3 Å². The number of alkyl halides is 2. The highest BCUT2D eigenvalue weighted by Crippen LogP contribution is 2.07. The van der Waals surface area contributed by atoms with Gasteiger partial charge in [0.2, 0.25) is 10.0 Å². The van der Waals surface area contributed by atoms with Crippen LogP contribution >= 0.6 is 0 Å². The van der Waals surface area contributed by atoms with Gasteiger partial charge in [-0.2, -0.15) is 5.10 Å². The van der Waals surface area contributed by atoms with Crippen molar-refractivity contribution in [2.24, 2.45) is 0 Å². The third-order valence-electron chi connectivity index (χ3n) is 2.09. The van der Waals surface area contributed by atoms with Gasteiger partial charge in [0, 0.05) is 19.3 Å². The van der Waals surface area contributed by atoms with Gasteiger partial charge in [-0.25, -0.2) is 21.9 Å². The number of halogens is 2. The second kappa shape index (κ2) is 6.76. The fourth-order valence-corrected chi connectivity index (χ4v) is 2.24. The number of sulfonamides is 1. The molecule has 0 bridgehead atoms. The predicted octanol–water partition coefficient (Wildman–Crippen LogP) is 0.0360. The molecule has 1 aromatic rings. The summed E-state index contributed by atoms with van der Waals surface area (Å²) in [5.41, 5.74) is 0. The average molecular weight is 282 g/mol. The Bertz CT molecular complexity index is 461. The normalized spacial score (nSPS) is 12.2. The second-order valence-corrected chi connectivity index (χ2v) is 5.31. The van der Waals surface area contributed by atoms with Crippen LogP contribution in [-0.2, 0) is 16.6 Å². The molecular weight excluding hydrogens is 266 g/mol. The minimum Gasteiger partial charge on any atom is -0.316 e. The zero-order chi connectivity index (χ0) is 13.6. The molecule has 0 saturated carbocycles. The number of nitrogens with zero attached hydrogens (tertiary/aromatic N) is 2. The van der Waals surface area contributed by atoms with E-state index in [0.717, 1.165) is 23.6 Å².